The normalized spacial score (nSPS) is 19.8. The van der Waals surface area contributed by atoms with E-state index in [1.165, 1.54) is 12.8 Å². The highest BCUT2D eigenvalue weighted by Gasteiger charge is 2.27. The van der Waals surface area contributed by atoms with Gasteiger partial charge >= 0.3 is 0 Å². The molecule has 100 valence electrons. The Balaban J connectivity index is 2.19. The van der Waals surface area contributed by atoms with Gasteiger partial charge in [-0.15, -0.1) is 0 Å². The van der Waals surface area contributed by atoms with Gasteiger partial charge < -0.3 is 14.9 Å². The van der Waals surface area contributed by atoms with Gasteiger partial charge in [-0.1, -0.05) is 11.6 Å². The van der Waals surface area contributed by atoms with Crippen LogP contribution in [0.1, 0.15) is 18.4 Å². The third-order valence-corrected chi connectivity index (χ3v) is 3.56. The SMILES string of the molecule is CN(C)CC1CCCN1c1ncc(CO)cc1Cl. The predicted molar refractivity (Wildman–Crippen MR) is 74.1 cm³/mol. The Morgan fingerprint density at radius 2 is 2.33 bits per heavy atom. The van der Waals surface area contributed by atoms with E-state index in [1.54, 1.807) is 12.3 Å². The zero-order chi connectivity index (χ0) is 13.1. The molecule has 0 aromatic carbocycles. The quantitative estimate of drug-likeness (QED) is 0.904. The lowest BCUT2D eigenvalue weighted by Crippen LogP contribution is -2.38. The van der Waals surface area contributed by atoms with Gasteiger partial charge in [-0.25, -0.2) is 4.98 Å². The van der Waals surface area contributed by atoms with Crippen molar-refractivity contribution in [3.05, 3.63) is 22.8 Å². The first-order valence-corrected chi connectivity index (χ1v) is 6.66. The van der Waals surface area contributed by atoms with Crippen molar-refractivity contribution in [1.82, 2.24) is 9.88 Å². The Bertz CT molecular complexity index is 411. The monoisotopic (exact) mass is 269 g/mol. The summed E-state index contributed by atoms with van der Waals surface area (Å²) in [7, 11) is 4.17. The fourth-order valence-electron chi connectivity index (χ4n) is 2.49. The van der Waals surface area contributed by atoms with Crippen LogP contribution in [0.4, 0.5) is 5.82 Å². The van der Waals surface area contributed by atoms with Crippen molar-refractivity contribution in [3.63, 3.8) is 0 Å². The third kappa shape index (κ3) is 2.94. The van der Waals surface area contributed by atoms with E-state index in [4.69, 9.17) is 16.7 Å². The van der Waals surface area contributed by atoms with Crippen LogP contribution in [0.15, 0.2) is 12.3 Å². The van der Waals surface area contributed by atoms with Gasteiger partial charge in [0.1, 0.15) is 5.82 Å². The summed E-state index contributed by atoms with van der Waals surface area (Å²) in [4.78, 5) is 8.88. The Hall–Kier alpha value is -0.840. The molecule has 0 aliphatic carbocycles. The minimum absolute atomic E-state index is 0.0197. The van der Waals surface area contributed by atoms with E-state index in [1.807, 2.05) is 0 Å². The number of hydrogen-bond acceptors (Lipinski definition) is 4. The molecule has 1 aliphatic heterocycles. The largest absolute Gasteiger partial charge is 0.392 e. The van der Waals surface area contributed by atoms with Crippen molar-refractivity contribution in [3.8, 4) is 0 Å². The summed E-state index contributed by atoms with van der Waals surface area (Å²) in [6, 6.07) is 2.28. The first-order chi connectivity index (χ1) is 8.61. The van der Waals surface area contributed by atoms with Gasteiger partial charge in [0.25, 0.3) is 0 Å². The number of halogens is 1. The van der Waals surface area contributed by atoms with Crippen molar-refractivity contribution >= 4 is 17.4 Å². The molecule has 5 heteroatoms. The molecule has 1 atom stereocenters. The minimum atomic E-state index is -0.0197. The van der Waals surface area contributed by atoms with Crippen LogP contribution in [-0.4, -0.2) is 48.2 Å². The van der Waals surface area contributed by atoms with Crippen molar-refractivity contribution in [2.24, 2.45) is 0 Å². The Morgan fingerprint density at radius 3 is 2.94 bits per heavy atom. The van der Waals surface area contributed by atoms with Crippen molar-refractivity contribution < 1.29 is 5.11 Å². The lowest BCUT2D eigenvalue weighted by molar-refractivity contribution is 0.281. The van der Waals surface area contributed by atoms with Gasteiger partial charge in [-0.05, 0) is 38.6 Å². The molecular weight excluding hydrogens is 250 g/mol. The van der Waals surface area contributed by atoms with Gasteiger partial charge in [0.05, 0.1) is 11.6 Å². The number of aromatic nitrogens is 1. The summed E-state index contributed by atoms with van der Waals surface area (Å²) in [5, 5.41) is 9.70. The van der Waals surface area contributed by atoms with E-state index < -0.39 is 0 Å². The maximum atomic E-state index is 9.07. The highest BCUT2D eigenvalue weighted by atomic mass is 35.5. The van der Waals surface area contributed by atoms with Gasteiger partial charge in [-0.2, -0.15) is 0 Å². The van der Waals surface area contributed by atoms with E-state index in [9.17, 15) is 0 Å². The molecule has 0 bridgehead atoms. The Kier molecular flexibility index (Phi) is 4.43. The lowest BCUT2D eigenvalue weighted by atomic mass is 10.2. The van der Waals surface area contributed by atoms with Crippen LogP contribution in [0.25, 0.3) is 0 Å². The molecule has 0 radical (unpaired) electrons. The number of nitrogens with zero attached hydrogens (tertiary/aromatic N) is 3. The molecule has 0 amide bonds. The van der Waals surface area contributed by atoms with Crippen LogP contribution >= 0.6 is 11.6 Å². The van der Waals surface area contributed by atoms with Gasteiger partial charge in [0.2, 0.25) is 0 Å². The smallest absolute Gasteiger partial charge is 0.147 e. The summed E-state index contributed by atoms with van der Waals surface area (Å²) < 4.78 is 0. The van der Waals surface area contributed by atoms with Crippen molar-refractivity contribution in [1.29, 1.82) is 0 Å². The Labute approximate surface area is 113 Å². The third-order valence-electron chi connectivity index (χ3n) is 3.29. The number of aliphatic hydroxyl groups is 1. The van der Waals surface area contributed by atoms with Gasteiger partial charge in [0, 0.05) is 25.3 Å². The molecule has 4 nitrogen and oxygen atoms in total. The summed E-state index contributed by atoms with van der Waals surface area (Å²) >= 11 is 6.26. The molecule has 0 spiro atoms. The average molecular weight is 270 g/mol. The molecule has 1 fully saturated rings. The molecule has 0 saturated carbocycles. The summed E-state index contributed by atoms with van der Waals surface area (Å²) in [5.74, 6) is 0.846. The van der Waals surface area contributed by atoms with Gasteiger partial charge in [0.15, 0.2) is 0 Å². The number of likely N-dealkylation sites (N-methyl/N-ethyl adjacent to an activating group) is 1. The summed E-state index contributed by atoms with van der Waals surface area (Å²) in [6.45, 7) is 2.00. The standard InChI is InChI=1S/C13H20ClN3O/c1-16(2)8-11-4-3-5-17(11)13-12(14)6-10(9-18)7-15-13/h6-7,11,18H,3-5,8-9H2,1-2H3. The maximum Gasteiger partial charge on any atom is 0.147 e. The number of hydrogen-bond donors (Lipinski definition) is 1. The molecule has 1 N–H and O–H groups in total. The van der Waals surface area contributed by atoms with Crippen LogP contribution in [0.2, 0.25) is 5.02 Å². The predicted octanol–water partition coefficient (Wildman–Crippen LogP) is 1.76. The van der Waals surface area contributed by atoms with E-state index >= 15 is 0 Å². The molecular formula is C13H20ClN3O. The van der Waals surface area contributed by atoms with Crippen molar-refractivity contribution in [2.45, 2.75) is 25.5 Å². The van der Waals surface area contributed by atoms with Gasteiger partial charge in [-0.3, -0.25) is 0 Å². The molecule has 1 aromatic heterocycles. The average Bonchev–Trinajstić information content (AvgIpc) is 2.76. The highest BCUT2D eigenvalue weighted by Crippen LogP contribution is 2.30. The number of anilines is 1. The number of aliphatic hydroxyl groups excluding tert-OH is 1. The zero-order valence-electron chi connectivity index (χ0n) is 10.9. The van der Waals surface area contributed by atoms with Crippen molar-refractivity contribution in [2.75, 3.05) is 32.1 Å². The number of rotatable bonds is 4. The molecule has 1 saturated heterocycles. The molecule has 1 aromatic rings. The van der Waals surface area contributed by atoms with Crippen LogP contribution in [-0.2, 0) is 6.61 Å². The highest BCUT2D eigenvalue weighted by molar-refractivity contribution is 6.33. The molecule has 1 unspecified atom stereocenters. The maximum absolute atomic E-state index is 9.07. The first kappa shape index (κ1) is 13.6. The van der Waals surface area contributed by atoms with Crippen LogP contribution in [0.3, 0.4) is 0 Å². The number of pyridine rings is 1. The first-order valence-electron chi connectivity index (χ1n) is 6.28. The summed E-state index contributed by atoms with van der Waals surface area (Å²) in [6.07, 6.45) is 4.06. The second-order valence-corrected chi connectivity index (χ2v) is 5.47. The van der Waals surface area contributed by atoms with Crippen LogP contribution in [0, 0.1) is 0 Å². The molecule has 2 rings (SSSR count). The fraction of sp³-hybridized carbons (Fsp3) is 0.615. The second-order valence-electron chi connectivity index (χ2n) is 5.06. The van der Waals surface area contributed by atoms with E-state index in [0.29, 0.717) is 11.1 Å². The molecule has 18 heavy (non-hydrogen) atoms. The van der Waals surface area contributed by atoms with Crippen LogP contribution in [0.5, 0.6) is 0 Å². The molecule has 2 heterocycles. The van der Waals surface area contributed by atoms with E-state index in [-0.39, 0.29) is 6.61 Å². The fourth-order valence-corrected chi connectivity index (χ4v) is 2.79. The van der Waals surface area contributed by atoms with Crippen LogP contribution < -0.4 is 4.90 Å². The zero-order valence-corrected chi connectivity index (χ0v) is 11.7. The topological polar surface area (TPSA) is 39.6 Å². The minimum Gasteiger partial charge on any atom is -0.392 e. The van der Waals surface area contributed by atoms with E-state index in [2.05, 4.69) is 28.9 Å². The lowest BCUT2D eigenvalue weighted by Gasteiger charge is -2.28. The second kappa shape index (κ2) is 5.87. The van der Waals surface area contributed by atoms with E-state index in [0.717, 1.165) is 24.5 Å². The summed E-state index contributed by atoms with van der Waals surface area (Å²) in [5.41, 5.74) is 0.757. The Morgan fingerprint density at radius 1 is 1.56 bits per heavy atom. The molecule has 1 aliphatic rings.